The second-order valence-electron chi connectivity index (χ2n) is 4.94. The molecule has 0 aliphatic carbocycles. The molecule has 3 unspecified atom stereocenters. The number of hydrogen-bond donors (Lipinski definition) is 0. The maximum absolute atomic E-state index is 5.74. The number of oxazole rings is 1. The van der Waals surface area contributed by atoms with E-state index in [0.29, 0.717) is 16.8 Å². The van der Waals surface area contributed by atoms with Crippen molar-refractivity contribution in [2.75, 3.05) is 6.61 Å². The van der Waals surface area contributed by atoms with Crippen LogP contribution in [0.2, 0.25) is 0 Å². The number of nitrogens with zero attached hydrogens (tertiary/aromatic N) is 1. The van der Waals surface area contributed by atoms with Crippen molar-refractivity contribution in [3.05, 3.63) is 30.2 Å². The number of rotatable bonds is 3. The van der Waals surface area contributed by atoms with Crippen LogP contribution in [-0.2, 0) is 11.2 Å². The lowest BCUT2D eigenvalue weighted by atomic mass is 10.0. The van der Waals surface area contributed by atoms with Gasteiger partial charge >= 0.3 is 0 Å². The zero-order chi connectivity index (χ0) is 12.5. The standard InChI is InChI=1S/C14H16BrNO2/c1-9-6-10(8-17-9)11(15)7-14-16-12-4-2-3-5-13(12)18-14/h2-5,9-11H,6-8H2,1H3. The van der Waals surface area contributed by atoms with Crippen molar-refractivity contribution in [3.8, 4) is 0 Å². The minimum Gasteiger partial charge on any atom is -0.441 e. The number of benzene rings is 1. The molecule has 3 rings (SSSR count). The Morgan fingerprint density at radius 2 is 2.28 bits per heavy atom. The van der Waals surface area contributed by atoms with E-state index in [2.05, 4.69) is 27.8 Å². The van der Waals surface area contributed by atoms with Gasteiger partial charge in [0.1, 0.15) is 5.52 Å². The van der Waals surface area contributed by atoms with Crippen LogP contribution in [0.1, 0.15) is 19.2 Å². The van der Waals surface area contributed by atoms with Crippen LogP contribution in [0.15, 0.2) is 28.7 Å². The smallest absolute Gasteiger partial charge is 0.196 e. The summed E-state index contributed by atoms with van der Waals surface area (Å²) >= 11 is 3.75. The molecular weight excluding hydrogens is 294 g/mol. The molecular formula is C14H16BrNO2. The van der Waals surface area contributed by atoms with Crippen LogP contribution in [0, 0.1) is 5.92 Å². The van der Waals surface area contributed by atoms with Gasteiger partial charge < -0.3 is 9.15 Å². The van der Waals surface area contributed by atoms with Gasteiger partial charge in [-0.1, -0.05) is 28.1 Å². The van der Waals surface area contributed by atoms with E-state index in [-0.39, 0.29) is 0 Å². The lowest BCUT2D eigenvalue weighted by Gasteiger charge is -2.13. The summed E-state index contributed by atoms with van der Waals surface area (Å²) < 4.78 is 11.3. The third-order valence-electron chi connectivity index (χ3n) is 3.45. The molecule has 0 saturated carbocycles. The molecule has 96 valence electrons. The highest BCUT2D eigenvalue weighted by atomic mass is 79.9. The molecule has 4 heteroatoms. The van der Waals surface area contributed by atoms with Gasteiger partial charge in [-0.15, -0.1) is 0 Å². The summed E-state index contributed by atoms with van der Waals surface area (Å²) in [5.74, 6) is 1.35. The Hall–Kier alpha value is -0.870. The minimum atomic E-state index is 0.371. The van der Waals surface area contributed by atoms with Crippen LogP contribution in [0.5, 0.6) is 0 Å². The van der Waals surface area contributed by atoms with E-state index in [0.717, 1.165) is 36.4 Å². The third kappa shape index (κ3) is 2.45. The van der Waals surface area contributed by atoms with Crippen molar-refractivity contribution in [2.45, 2.75) is 30.7 Å². The van der Waals surface area contributed by atoms with E-state index >= 15 is 0 Å². The summed E-state index contributed by atoms with van der Waals surface area (Å²) in [5, 5.41) is 0. The average Bonchev–Trinajstić information content (AvgIpc) is 2.94. The minimum absolute atomic E-state index is 0.371. The van der Waals surface area contributed by atoms with E-state index in [4.69, 9.17) is 9.15 Å². The van der Waals surface area contributed by atoms with Crippen molar-refractivity contribution in [3.63, 3.8) is 0 Å². The maximum atomic E-state index is 5.74. The lowest BCUT2D eigenvalue weighted by Crippen LogP contribution is -2.17. The SMILES string of the molecule is CC1CC(C(Br)Cc2nc3ccccc3o2)CO1. The van der Waals surface area contributed by atoms with Crippen molar-refractivity contribution in [2.24, 2.45) is 5.92 Å². The molecule has 1 fully saturated rings. The van der Waals surface area contributed by atoms with Gasteiger partial charge in [-0.3, -0.25) is 0 Å². The molecule has 18 heavy (non-hydrogen) atoms. The Morgan fingerprint density at radius 1 is 1.44 bits per heavy atom. The number of para-hydroxylation sites is 2. The summed E-state index contributed by atoms with van der Waals surface area (Å²) in [6.45, 7) is 2.95. The van der Waals surface area contributed by atoms with Crippen molar-refractivity contribution in [1.29, 1.82) is 0 Å². The zero-order valence-electron chi connectivity index (χ0n) is 10.3. The number of ether oxygens (including phenoxy) is 1. The summed E-state index contributed by atoms with van der Waals surface area (Å²) in [7, 11) is 0. The number of fused-ring (bicyclic) bond motifs is 1. The van der Waals surface area contributed by atoms with Gasteiger partial charge in [-0.25, -0.2) is 4.98 Å². The van der Waals surface area contributed by atoms with Gasteiger partial charge in [-0.2, -0.15) is 0 Å². The van der Waals surface area contributed by atoms with Crippen molar-refractivity contribution in [1.82, 2.24) is 4.98 Å². The molecule has 1 saturated heterocycles. The molecule has 0 amide bonds. The Kier molecular flexibility index (Phi) is 3.39. The monoisotopic (exact) mass is 309 g/mol. The van der Waals surface area contributed by atoms with Gasteiger partial charge in [0, 0.05) is 11.2 Å². The second kappa shape index (κ2) is 5.02. The largest absolute Gasteiger partial charge is 0.441 e. The molecule has 0 bridgehead atoms. The normalized spacial score (nSPS) is 25.7. The molecule has 1 aromatic heterocycles. The first kappa shape index (κ1) is 12.2. The van der Waals surface area contributed by atoms with E-state index in [1.807, 2.05) is 24.3 Å². The van der Waals surface area contributed by atoms with E-state index in [1.165, 1.54) is 0 Å². The number of alkyl halides is 1. The van der Waals surface area contributed by atoms with Crippen LogP contribution in [0.25, 0.3) is 11.1 Å². The van der Waals surface area contributed by atoms with Gasteiger partial charge in [-0.05, 0) is 31.4 Å². The van der Waals surface area contributed by atoms with Crippen molar-refractivity contribution >= 4 is 27.0 Å². The molecule has 0 radical (unpaired) electrons. The summed E-state index contributed by atoms with van der Waals surface area (Å²) in [6, 6.07) is 7.88. The fourth-order valence-corrected chi connectivity index (χ4v) is 3.09. The quantitative estimate of drug-likeness (QED) is 0.813. The molecule has 1 aliphatic heterocycles. The Balaban J connectivity index is 1.71. The Morgan fingerprint density at radius 3 is 3.00 bits per heavy atom. The first-order valence-corrected chi connectivity index (χ1v) is 7.24. The molecule has 0 N–H and O–H groups in total. The van der Waals surface area contributed by atoms with Crippen LogP contribution in [0.3, 0.4) is 0 Å². The van der Waals surface area contributed by atoms with E-state index in [1.54, 1.807) is 0 Å². The van der Waals surface area contributed by atoms with Gasteiger partial charge in [0.05, 0.1) is 12.7 Å². The first-order valence-electron chi connectivity index (χ1n) is 6.32. The van der Waals surface area contributed by atoms with Gasteiger partial charge in [0.15, 0.2) is 11.5 Å². The Bertz CT molecular complexity index is 506. The van der Waals surface area contributed by atoms with Crippen molar-refractivity contribution < 1.29 is 9.15 Å². The Labute approximate surface area is 115 Å². The second-order valence-corrected chi connectivity index (χ2v) is 6.11. The predicted molar refractivity (Wildman–Crippen MR) is 73.9 cm³/mol. The number of hydrogen-bond acceptors (Lipinski definition) is 3. The maximum Gasteiger partial charge on any atom is 0.196 e. The first-order chi connectivity index (χ1) is 8.72. The van der Waals surface area contributed by atoms with Crippen LogP contribution < -0.4 is 0 Å². The highest BCUT2D eigenvalue weighted by molar-refractivity contribution is 9.09. The van der Waals surface area contributed by atoms with Crippen LogP contribution in [0.4, 0.5) is 0 Å². The molecule has 0 spiro atoms. The fourth-order valence-electron chi connectivity index (χ4n) is 2.44. The van der Waals surface area contributed by atoms with E-state index < -0.39 is 0 Å². The number of aromatic nitrogens is 1. The zero-order valence-corrected chi connectivity index (χ0v) is 11.9. The van der Waals surface area contributed by atoms with Gasteiger partial charge in [0.2, 0.25) is 0 Å². The summed E-state index contributed by atoms with van der Waals surface area (Å²) in [4.78, 5) is 4.88. The number of halogens is 1. The molecule has 2 heterocycles. The van der Waals surface area contributed by atoms with Gasteiger partial charge in [0.25, 0.3) is 0 Å². The third-order valence-corrected chi connectivity index (χ3v) is 4.52. The molecule has 3 atom stereocenters. The molecule has 2 aromatic rings. The molecule has 1 aromatic carbocycles. The van der Waals surface area contributed by atoms with Crippen LogP contribution >= 0.6 is 15.9 Å². The highest BCUT2D eigenvalue weighted by Crippen LogP contribution is 2.29. The average molecular weight is 310 g/mol. The highest BCUT2D eigenvalue weighted by Gasteiger charge is 2.29. The lowest BCUT2D eigenvalue weighted by molar-refractivity contribution is 0.120. The molecule has 1 aliphatic rings. The predicted octanol–water partition coefficient (Wildman–Crippen LogP) is 3.56. The van der Waals surface area contributed by atoms with Crippen LogP contribution in [-0.4, -0.2) is 22.5 Å². The fraction of sp³-hybridized carbons (Fsp3) is 0.500. The topological polar surface area (TPSA) is 35.3 Å². The van der Waals surface area contributed by atoms with E-state index in [9.17, 15) is 0 Å². The molecule has 3 nitrogen and oxygen atoms in total. The summed E-state index contributed by atoms with van der Waals surface area (Å²) in [5.41, 5.74) is 1.80. The summed E-state index contributed by atoms with van der Waals surface area (Å²) in [6.07, 6.45) is 2.30.